The number of nitrogens with one attached hydrogen (secondary N) is 1. The van der Waals surface area contributed by atoms with Crippen molar-refractivity contribution in [3.05, 3.63) is 30.1 Å². The van der Waals surface area contributed by atoms with E-state index in [-0.39, 0.29) is 17.1 Å². The lowest BCUT2D eigenvalue weighted by molar-refractivity contribution is -0.117. The van der Waals surface area contributed by atoms with Crippen LogP contribution in [0.5, 0.6) is 0 Å². The third-order valence-electron chi connectivity index (χ3n) is 3.96. The lowest BCUT2D eigenvalue weighted by atomic mass is 10.2. The van der Waals surface area contributed by atoms with Crippen LogP contribution in [0.1, 0.15) is 44.9 Å². The molecule has 7 nitrogen and oxygen atoms in total. The molecule has 0 bridgehead atoms. The summed E-state index contributed by atoms with van der Waals surface area (Å²) in [6, 6.07) is 7.52. The number of hydrogen-bond acceptors (Lipinski definition) is 5. The normalized spacial score (nSPS) is 15.0. The summed E-state index contributed by atoms with van der Waals surface area (Å²) in [5, 5.41) is 11.7. The average molecular weight is 359 g/mol. The molecule has 1 aromatic carbocycles. The summed E-state index contributed by atoms with van der Waals surface area (Å²) in [7, 11) is 0. The van der Waals surface area contributed by atoms with E-state index in [1.165, 1.54) is 18.7 Å². The zero-order valence-electron chi connectivity index (χ0n) is 14.2. The number of nitrogens with two attached hydrogens (primary N) is 1. The Morgan fingerprint density at radius 2 is 2.16 bits per heavy atom. The van der Waals surface area contributed by atoms with E-state index in [1.807, 2.05) is 35.8 Å². The fourth-order valence-electron chi connectivity index (χ4n) is 2.60. The second kappa shape index (κ2) is 7.26. The van der Waals surface area contributed by atoms with E-state index in [4.69, 9.17) is 5.73 Å². The number of anilines is 1. The zero-order valence-corrected chi connectivity index (χ0v) is 15.0. The van der Waals surface area contributed by atoms with Gasteiger partial charge in [-0.3, -0.25) is 14.2 Å². The Morgan fingerprint density at radius 1 is 1.40 bits per heavy atom. The monoisotopic (exact) mass is 359 g/mol. The second-order valence-corrected chi connectivity index (χ2v) is 7.27. The van der Waals surface area contributed by atoms with Crippen LogP contribution in [0, 0.1) is 0 Å². The minimum atomic E-state index is -0.359. The minimum Gasteiger partial charge on any atom is -0.369 e. The van der Waals surface area contributed by atoms with E-state index in [9.17, 15) is 9.59 Å². The van der Waals surface area contributed by atoms with E-state index < -0.39 is 0 Å². The van der Waals surface area contributed by atoms with E-state index in [0.29, 0.717) is 23.2 Å². The lowest BCUT2D eigenvalue weighted by Crippen LogP contribution is -2.25. The van der Waals surface area contributed by atoms with Crippen LogP contribution in [-0.2, 0) is 9.59 Å². The summed E-state index contributed by atoms with van der Waals surface area (Å²) >= 11 is 1.33. The fourth-order valence-corrected chi connectivity index (χ4v) is 3.53. The largest absolute Gasteiger partial charge is 0.369 e. The first-order chi connectivity index (χ1) is 12.0. The Kier molecular flexibility index (Phi) is 5.08. The predicted molar refractivity (Wildman–Crippen MR) is 96.8 cm³/mol. The third-order valence-corrected chi connectivity index (χ3v) is 5.29. The number of nitrogens with zero attached hydrogens (tertiary/aromatic N) is 3. The van der Waals surface area contributed by atoms with Gasteiger partial charge in [0, 0.05) is 18.5 Å². The van der Waals surface area contributed by atoms with Crippen LogP contribution in [0.4, 0.5) is 5.69 Å². The van der Waals surface area contributed by atoms with Crippen molar-refractivity contribution < 1.29 is 9.59 Å². The first-order valence-electron chi connectivity index (χ1n) is 8.29. The molecule has 132 valence electrons. The van der Waals surface area contributed by atoms with E-state index >= 15 is 0 Å². The molecule has 1 fully saturated rings. The van der Waals surface area contributed by atoms with Crippen LogP contribution in [0.3, 0.4) is 0 Å². The average Bonchev–Trinajstić information content (AvgIpc) is 3.32. The van der Waals surface area contributed by atoms with Gasteiger partial charge in [0.1, 0.15) is 5.82 Å². The second-order valence-electron chi connectivity index (χ2n) is 6.10. The van der Waals surface area contributed by atoms with Gasteiger partial charge < -0.3 is 11.1 Å². The van der Waals surface area contributed by atoms with Gasteiger partial charge in [0.2, 0.25) is 11.8 Å². The number of carbonyl (C=O) groups is 2. The smallest absolute Gasteiger partial charge is 0.231 e. The Morgan fingerprint density at radius 3 is 2.76 bits per heavy atom. The molecule has 1 aromatic heterocycles. The van der Waals surface area contributed by atoms with Gasteiger partial charge in [-0.1, -0.05) is 24.8 Å². The Balaban J connectivity index is 2.00. The number of hydrogen-bond donors (Lipinski definition) is 2. The molecule has 0 aliphatic heterocycles. The van der Waals surface area contributed by atoms with Crippen molar-refractivity contribution in [3.8, 4) is 5.69 Å². The number of rotatable bonds is 7. The van der Waals surface area contributed by atoms with Crippen LogP contribution in [0.15, 0.2) is 29.4 Å². The molecule has 1 saturated carbocycles. The van der Waals surface area contributed by atoms with Crippen LogP contribution >= 0.6 is 11.8 Å². The van der Waals surface area contributed by atoms with Gasteiger partial charge in [0.25, 0.3) is 0 Å². The Bertz CT molecular complexity index is 800. The van der Waals surface area contributed by atoms with Gasteiger partial charge in [-0.2, -0.15) is 0 Å². The van der Waals surface area contributed by atoms with Gasteiger partial charge in [-0.15, -0.1) is 10.2 Å². The molecule has 2 amide bonds. The number of amides is 2. The summed E-state index contributed by atoms with van der Waals surface area (Å²) in [6.07, 6.45) is 2.79. The molecule has 3 N–H and O–H groups in total. The van der Waals surface area contributed by atoms with Crippen LogP contribution in [0.25, 0.3) is 5.69 Å². The lowest BCUT2D eigenvalue weighted by Gasteiger charge is -2.14. The molecule has 0 spiro atoms. The highest BCUT2D eigenvalue weighted by atomic mass is 32.2. The zero-order chi connectivity index (χ0) is 18.0. The standard InChI is InChI=1S/C17H21N5O2S/c1-3-14(15(18)24)25-17-21-20-16(11-7-8-11)22(17)13-6-4-5-12(9-13)19-10(2)23/h4-6,9,11,14H,3,7-8H2,1-2H3,(H2,18,24)(H,19,23). The van der Waals surface area contributed by atoms with E-state index in [0.717, 1.165) is 24.4 Å². The van der Waals surface area contributed by atoms with Gasteiger partial charge in [0.15, 0.2) is 5.16 Å². The number of benzene rings is 1. The van der Waals surface area contributed by atoms with Gasteiger partial charge in [-0.05, 0) is 37.5 Å². The highest BCUT2D eigenvalue weighted by molar-refractivity contribution is 8.00. The van der Waals surface area contributed by atoms with Crippen molar-refractivity contribution in [2.45, 2.75) is 49.4 Å². The SMILES string of the molecule is CCC(Sc1nnc(C2CC2)n1-c1cccc(NC(C)=O)c1)C(N)=O. The molecule has 1 heterocycles. The van der Waals surface area contributed by atoms with E-state index in [1.54, 1.807) is 0 Å². The molecular formula is C17H21N5O2S. The Hall–Kier alpha value is -2.35. The van der Waals surface area contributed by atoms with Crippen molar-refractivity contribution in [1.82, 2.24) is 14.8 Å². The summed E-state index contributed by atoms with van der Waals surface area (Å²) < 4.78 is 1.97. The summed E-state index contributed by atoms with van der Waals surface area (Å²) in [4.78, 5) is 22.9. The molecule has 0 saturated heterocycles. The maximum absolute atomic E-state index is 11.6. The highest BCUT2D eigenvalue weighted by Crippen LogP contribution is 2.41. The molecule has 1 aliphatic rings. The van der Waals surface area contributed by atoms with Crippen LogP contribution in [0.2, 0.25) is 0 Å². The molecule has 3 rings (SSSR count). The van der Waals surface area contributed by atoms with E-state index in [2.05, 4.69) is 15.5 Å². The summed E-state index contributed by atoms with van der Waals surface area (Å²) in [5.74, 6) is 0.793. The molecule has 1 unspecified atom stereocenters. The predicted octanol–water partition coefficient (Wildman–Crippen LogP) is 2.46. The maximum Gasteiger partial charge on any atom is 0.231 e. The number of carbonyl (C=O) groups excluding carboxylic acids is 2. The first-order valence-corrected chi connectivity index (χ1v) is 9.17. The summed E-state index contributed by atoms with van der Waals surface area (Å²) in [6.45, 7) is 3.39. The van der Waals surface area contributed by atoms with Crippen molar-refractivity contribution in [2.24, 2.45) is 5.73 Å². The molecule has 0 radical (unpaired) electrons. The number of primary amides is 1. The molecular weight excluding hydrogens is 338 g/mol. The highest BCUT2D eigenvalue weighted by Gasteiger charge is 2.32. The molecule has 1 aliphatic carbocycles. The van der Waals surface area contributed by atoms with Crippen LogP contribution < -0.4 is 11.1 Å². The quantitative estimate of drug-likeness (QED) is 0.739. The number of thioether (sulfide) groups is 1. The van der Waals surface area contributed by atoms with Gasteiger partial charge >= 0.3 is 0 Å². The summed E-state index contributed by atoms with van der Waals surface area (Å²) in [5.41, 5.74) is 7.04. The first kappa shape index (κ1) is 17.5. The van der Waals surface area contributed by atoms with Gasteiger partial charge in [0.05, 0.1) is 10.9 Å². The Labute approximate surface area is 150 Å². The molecule has 1 atom stereocenters. The van der Waals surface area contributed by atoms with Gasteiger partial charge in [-0.25, -0.2) is 0 Å². The molecule has 2 aromatic rings. The van der Waals surface area contributed by atoms with Crippen molar-refractivity contribution in [1.29, 1.82) is 0 Å². The van der Waals surface area contributed by atoms with Crippen LogP contribution in [-0.4, -0.2) is 31.8 Å². The van der Waals surface area contributed by atoms with Crippen molar-refractivity contribution in [3.63, 3.8) is 0 Å². The molecule has 25 heavy (non-hydrogen) atoms. The third kappa shape index (κ3) is 4.01. The fraction of sp³-hybridized carbons (Fsp3) is 0.412. The topological polar surface area (TPSA) is 103 Å². The molecule has 8 heteroatoms. The maximum atomic E-state index is 11.6. The number of aromatic nitrogens is 3. The van der Waals surface area contributed by atoms with Crippen molar-refractivity contribution in [2.75, 3.05) is 5.32 Å². The van der Waals surface area contributed by atoms with Crippen molar-refractivity contribution >= 4 is 29.3 Å². The minimum absolute atomic E-state index is 0.127.